The van der Waals surface area contributed by atoms with Gasteiger partial charge in [0.2, 0.25) is 0 Å². The summed E-state index contributed by atoms with van der Waals surface area (Å²) >= 11 is 0. The van der Waals surface area contributed by atoms with E-state index in [1.54, 1.807) is 6.07 Å². The molecule has 0 spiro atoms. The van der Waals surface area contributed by atoms with E-state index in [4.69, 9.17) is 4.74 Å². The van der Waals surface area contributed by atoms with Crippen molar-refractivity contribution in [2.24, 2.45) is 0 Å². The summed E-state index contributed by atoms with van der Waals surface area (Å²) in [4.78, 5) is 22.9. The Kier molecular flexibility index (Phi) is 5.30. The lowest BCUT2D eigenvalue weighted by Gasteiger charge is -2.10. The van der Waals surface area contributed by atoms with Crippen molar-refractivity contribution >= 4 is 17.5 Å². The average molecular weight is 262 g/mol. The summed E-state index contributed by atoms with van der Waals surface area (Å²) in [7, 11) is 2.67. The van der Waals surface area contributed by atoms with E-state index in [0.717, 1.165) is 17.5 Å². The highest BCUT2D eigenvalue weighted by Gasteiger charge is 2.14. The van der Waals surface area contributed by atoms with E-state index in [1.807, 2.05) is 19.1 Å². The van der Waals surface area contributed by atoms with Crippen molar-refractivity contribution in [3.05, 3.63) is 41.5 Å². The molecule has 1 aromatic rings. The van der Waals surface area contributed by atoms with Crippen LogP contribution in [0.3, 0.4) is 0 Å². The first-order chi connectivity index (χ1) is 9.03. The largest absolute Gasteiger partial charge is 0.469 e. The van der Waals surface area contributed by atoms with Crippen molar-refractivity contribution in [1.82, 2.24) is 0 Å². The smallest absolute Gasteiger partial charge is 0.338 e. The molecule has 102 valence electrons. The van der Waals surface area contributed by atoms with Gasteiger partial charge in [-0.2, -0.15) is 0 Å². The van der Waals surface area contributed by atoms with Gasteiger partial charge in [-0.25, -0.2) is 4.79 Å². The fraction of sp³-hybridized carbons (Fsp3) is 0.333. The Labute approximate surface area is 113 Å². The van der Waals surface area contributed by atoms with Gasteiger partial charge in [-0.3, -0.25) is 4.79 Å². The summed E-state index contributed by atoms with van der Waals surface area (Å²) in [6.07, 6.45) is 0.830. The van der Waals surface area contributed by atoms with Crippen LogP contribution >= 0.6 is 0 Å². The maximum absolute atomic E-state index is 11.7. The second kappa shape index (κ2) is 6.73. The van der Waals surface area contributed by atoms with Gasteiger partial charge < -0.3 is 9.47 Å². The molecule has 0 fully saturated rings. The van der Waals surface area contributed by atoms with Gasteiger partial charge in [0.05, 0.1) is 26.2 Å². The monoisotopic (exact) mass is 262 g/mol. The van der Waals surface area contributed by atoms with E-state index in [-0.39, 0.29) is 18.4 Å². The molecule has 0 radical (unpaired) electrons. The van der Waals surface area contributed by atoms with E-state index in [0.29, 0.717) is 11.1 Å². The van der Waals surface area contributed by atoms with Crippen molar-refractivity contribution in [2.75, 3.05) is 14.2 Å². The predicted octanol–water partition coefficient (Wildman–Crippen LogP) is 2.61. The van der Waals surface area contributed by atoms with Gasteiger partial charge >= 0.3 is 11.9 Å². The number of hydrogen-bond acceptors (Lipinski definition) is 4. The van der Waals surface area contributed by atoms with Gasteiger partial charge in [-0.05, 0) is 29.2 Å². The minimum absolute atomic E-state index is 0.0998. The zero-order valence-electron chi connectivity index (χ0n) is 11.5. The van der Waals surface area contributed by atoms with Crippen molar-refractivity contribution in [1.29, 1.82) is 0 Å². The third-order valence-corrected chi connectivity index (χ3v) is 2.89. The van der Waals surface area contributed by atoms with E-state index >= 15 is 0 Å². The standard InChI is InChI=1S/C15H18O4/c1-5-11-6-7-12(9-13(11)15(17)19-4)10(2)8-14(16)18-3/h6-7,9H,2,5,8H2,1,3-4H3. The van der Waals surface area contributed by atoms with Crippen LogP contribution in [0.1, 0.15) is 34.8 Å². The highest BCUT2D eigenvalue weighted by atomic mass is 16.5. The number of ether oxygens (including phenoxy) is 2. The Hall–Kier alpha value is -2.10. The van der Waals surface area contributed by atoms with Crippen LogP contribution < -0.4 is 0 Å². The molecule has 0 saturated carbocycles. The Morgan fingerprint density at radius 3 is 2.42 bits per heavy atom. The van der Waals surface area contributed by atoms with Gasteiger partial charge in [0.25, 0.3) is 0 Å². The first-order valence-electron chi connectivity index (χ1n) is 5.99. The molecule has 0 saturated heterocycles. The molecule has 0 heterocycles. The fourth-order valence-electron chi connectivity index (χ4n) is 1.75. The molecule has 0 aliphatic carbocycles. The number of esters is 2. The molecule has 0 N–H and O–H groups in total. The van der Waals surface area contributed by atoms with E-state index in [1.165, 1.54) is 14.2 Å². The summed E-state index contributed by atoms with van der Waals surface area (Å²) < 4.78 is 9.35. The SMILES string of the molecule is C=C(CC(=O)OC)c1ccc(CC)c(C(=O)OC)c1. The molecule has 0 aliphatic heterocycles. The molecule has 0 aliphatic rings. The lowest BCUT2D eigenvalue weighted by atomic mass is 9.97. The second-order valence-corrected chi connectivity index (χ2v) is 4.07. The highest BCUT2D eigenvalue weighted by Crippen LogP contribution is 2.21. The Morgan fingerprint density at radius 2 is 1.89 bits per heavy atom. The average Bonchev–Trinajstić information content (AvgIpc) is 2.45. The van der Waals surface area contributed by atoms with Crippen molar-refractivity contribution in [3.63, 3.8) is 0 Å². The first-order valence-corrected chi connectivity index (χ1v) is 5.99. The summed E-state index contributed by atoms with van der Waals surface area (Å²) in [6, 6.07) is 5.40. The van der Waals surface area contributed by atoms with Gasteiger partial charge in [0, 0.05) is 0 Å². The lowest BCUT2D eigenvalue weighted by molar-refractivity contribution is -0.139. The lowest BCUT2D eigenvalue weighted by Crippen LogP contribution is -2.07. The van der Waals surface area contributed by atoms with Crippen LogP contribution in [0, 0.1) is 0 Å². The molecule has 0 unspecified atom stereocenters. The molecule has 0 atom stereocenters. The number of methoxy groups -OCH3 is 2. The Morgan fingerprint density at radius 1 is 1.21 bits per heavy atom. The van der Waals surface area contributed by atoms with Crippen LogP contribution in [0.25, 0.3) is 5.57 Å². The Balaban J connectivity index is 3.07. The number of benzene rings is 1. The van der Waals surface area contributed by atoms with Crippen molar-refractivity contribution in [2.45, 2.75) is 19.8 Å². The fourth-order valence-corrected chi connectivity index (χ4v) is 1.75. The maximum atomic E-state index is 11.7. The summed E-state index contributed by atoms with van der Waals surface area (Å²) in [5.74, 6) is -0.742. The molecule has 0 amide bonds. The topological polar surface area (TPSA) is 52.6 Å². The van der Waals surface area contributed by atoms with Crippen LogP contribution in [-0.4, -0.2) is 26.2 Å². The molecule has 19 heavy (non-hydrogen) atoms. The number of hydrogen-bond donors (Lipinski definition) is 0. The maximum Gasteiger partial charge on any atom is 0.338 e. The first kappa shape index (κ1) is 15.0. The van der Waals surface area contributed by atoms with E-state index in [2.05, 4.69) is 11.3 Å². The predicted molar refractivity (Wildman–Crippen MR) is 72.8 cm³/mol. The molecule has 0 bridgehead atoms. The van der Waals surface area contributed by atoms with E-state index in [9.17, 15) is 9.59 Å². The zero-order valence-corrected chi connectivity index (χ0v) is 11.5. The second-order valence-electron chi connectivity index (χ2n) is 4.07. The van der Waals surface area contributed by atoms with Crippen LogP contribution in [0.15, 0.2) is 24.8 Å². The third-order valence-electron chi connectivity index (χ3n) is 2.89. The molecule has 1 rings (SSSR count). The number of aryl methyl sites for hydroxylation is 1. The highest BCUT2D eigenvalue weighted by molar-refractivity contribution is 5.93. The minimum Gasteiger partial charge on any atom is -0.469 e. The third kappa shape index (κ3) is 3.68. The molecular formula is C15H18O4. The number of carbonyl (C=O) groups excluding carboxylic acids is 2. The van der Waals surface area contributed by atoms with Crippen molar-refractivity contribution < 1.29 is 19.1 Å². The molecule has 0 aromatic heterocycles. The van der Waals surface area contributed by atoms with Gasteiger partial charge in [-0.1, -0.05) is 25.6 Å². The summed E-state index contributed by atoms with van der Waals surface area (Å²) in [6.45, 7) is 5.80. The van der Waals surface area contributed by atoms with Gasteiger partial charge in [-0.15, -0.1) is 0 Å². The zero-order chi connectivity index (χ0) is 14.4. The summed E-state index contributed by atoms with van der Waals surface area (Å²) in [5, 5.41) is 0. The molecule has 4 heteroatoms. The normalized spacial score (nSPS) is 9.84. The van der Waals surface area contributed by atoms with Crippen LogP contribution in [-0.2, 0) is 20.7 Å². The Bertz CT molecular complexity index is 503. The van der Waals surface area contributed by atoms with E-state index < -0.39 is 0 Å². The van der Waals surface area contributed by atoms with Gasteiger partial charge in [0.1, 0.15) is 0 Å². The molecule has 4 nitrogen and oxygen atoms in total. The van der Waals surface area contributed by atoms with Crippen molar-refractivity contribution in [3.8, 4) is 0 Å². The molecular weight excluding hydrogens is 244 g/mol. The summed E-state index contributed by atoms with van der Waals surface area (Å²) in [5.41, 5.74) is 2.76. The quantitative estimate of drug-likeness (QED) is 0.765. The minimum atomic E-state index is -0.385. The van der Waals surface area contributed by atoms with Gasteiger partial charge in [0.15, 0.2) is 0 Å². The number of carbonyl (C=O) groups is 2. The number of rotatable bonds is 5. The molecule has 1 aromatic carbocycles. The van der Waals surface area contributed by atoms with Crippen LogP contribution in [0.2, 0.25) is 0 Å². The van der Waals surface area contributed by atoms with Crippen LogP contribution in [0.5, 0.6) is 0 Å². The van der Waals surface area contributed by atoms with Crippen LogP contribution in [0.4, 0.5) is 0 Å².